The molecule has 1 amide bonds. The summed E-state index contributed by atoms with van der Waals surface area (Å²) < 4.78 is 2.05. The average Bonchev–Trinajstić information content (AvgIpc) is 3.07. The van der Waals surface area contributed by atoms with Gasteiger partial charge in [0.15, 0.2) is 10.6 Å². The predicted octanol–water partition coefficient (Wildman–Crippen LogP) is 3.02. The summed E-state index contributed by atoms with van der Waals surface area (Å²) in [5, 5.41) is 10.1. The lowest BCUT2D eigenvalue weighted by atomic mass is 10.0. The lowest BCUT2D eigenvalue weighted by Gasteiger charge is -2.18. The molecule has 1 aliphatic heterocycles. The second-order valence-electron chi connectivity index (χ2n) is 5.84. The van der Waals surface area contributed by atoms with E-state index in [9.17, 15) is 4.79 Å². The van der Waals surface area contributed by atoms with E-state index in [0.29, 0.717) is 25.8 Å². The molecule has 0 aliphatic carbocycles. The molecule has 0 radical (unpaired) electrons. The SMILES string of the molecule is C#CCCC1(CCC(=O)N(C)Cc2c(C)nc3sccn23)N=N1. The van der Waals surface area contributed by atoms with E-state index in [-0.39, 0.29) is 5.91 Å². The minimum atomic E-state index is -0.393. The molecule has 3 heterocycles. The quantitative estimate of drug-likeness (QED) is 0.733. The van der Waals surface area contributed by atoms with Crippen molar-refractivity contribution in [2.45, 2.75) is 44.8 Å². The Morgan fingerprint density at radius 1 is 1.48 bits per heavy atom. The van der Waals surface area contributed by atoms with Gasteiger partial charge in [0.25, 0.3) is 0 Å². The van der Waals surface area contributed by atoms with Gasteiger partial charge in [-0.3, -0.25) is 9.20 Å². The number of thiazole rings is 1. The minimum Gasteiger partial charge on any atom is -0.340 e. The van der Waals surface area contributed by atoms with Crippen molar-refractivity contribution < 1.29 is 4.79 Å². The Kier molecular flexibility index (Phi) is 4.18. The average molecular weight is 329 g/mol. The molecule has 2 aromatic rings. The smallest absolute Gasteiger partial charge is 0.222 e. The third-order valence-electron chi connectivity index (χ3n) is 4.17. The van der Waals surface area contributed by atoms with Gasteiger partial charge in [-0.15, -0.1) is 23.7 Å². The molecule has 120 valence electrons. The van der Waals surface area contributed by atoms with Crippen LogP contribution in [0.3, 0.4) is 0 Å². The Hall–Kier alpha value is -2.20. The van der Waals surface area contributed by atoms with Crippen molar-refractivity contribution in [2.75, 3.05) is 7.05 Å². The maximum atomic E-state index is 12.4. The Morgan fingerprint density at radius 3 is 2.96 bits per heavy atom. The fourth-order valence-electron chi connectivity index (χ4n) is 2.61. The highest BCUT2D eigenvalue weighted by Crippen LogP contribution is 2.37. The molecule has 0 atom stereocenters. The highest BCUT2D eigenvalue weighted by molar-refractivity contribution is 7.15. The number of aryl methyl sites for hydroxylation is 1. The lowest BCUT2D eigenvalue weighted by molar-refractivity contribution is -0.130. The van der Waals surface area contributed by atoms with Gasteiger partial charge in [0.05, 0.1) is 17.9 Å². The molecule has 0 saturated carbocycles. The zero-order valence-electron chi connectivity index (χ0n) is 13.3. The lowest BCUT2D eigenvalue weighted by Crippen LogP contribution is -2.28. The number of amides is 1. The van der Waals surface area contributed by atoms with Crippen LogP contribution in [0.4, 0.5) is 0 Å². The van der Waals surface area contributed by atoms with Crippen LogP contribution in [-0.4, -0.2) is 32.9 Å². The van der Waals surface area contributed by atoms with E-state index < -0.39 is 5.66 Å². The molecular weight excluding hydrogens is 310 g/mol. The molecule has 0 fully saturated rings. The monoisotopic (exact) mass is 329 g/mol. The number of hydrogen-bond donors (Lipinski definition) is 0. The van der Waals surface area contributed by atoms with E-state index >= 15 is 0 Å². The highest BCUT2D eigenvalue weighted by atomic mass is 32.1. The van der Waals surface area contributed by atoms with Crippen molar-refractivity contribution in [3.8, 4) is 12.3 Å². The van der Waals surface area contributed by atoms with Gasteiger partial charge in [-0.2, -0.15) is 10.2 Å². The number of carbonyl (C=O) groups excluding carboxylic acids is 1. The molecule has 6 nitrogen and oxygen atoms in total. The maximum Gasteiger partial charge on any atom is 0.222 e. The van der Waals surface area contributed by atoms with Crippen LogP contribution in [0.25, 0.3) is 4.96 Å². The number of aromatic nitrogens is 2. The van der Waals surface area contributed by atoms with Crippen LogP contribution in [0.5, 0.6) is 0 Å². The normalized spacial score (nSPS) is 14.8. The molecule has 0 spiro atoms. The predicted molar refractivity (Wildman–Crippen MR) is 89.2 cm³/mol. The Morgan fingerprint density at radius 2 is 2.26 bits per heavy atom. The minimum absolute atomic E-state index is 0.0898. The van der Waals surface area contributed by atoms with Gasteiger partial charge in [-0.1, -0.05) is 0 Å². The van der Waals surface area contributed by atoms with Gasteiger partial charge in [0.2, 0.25) is 5.91 Å². The maximum absolute atomic E-state index is 12.4. The third-order valence-corrected chi connectivity index (χ3v) is 4.92. The van der Waals surface area contributed by atoms with E-state index in [4.69, 9.17) is 6.42 Å². The van der Waals surface area contributed by atoms with Gasteiger partial charge in [0, 0.05) is 44.3 Å². The first-order chi connectivity index (χ1) is 11.0. The van der Waals surface area contributed by atoms with E-state index in [2.05, 4.69) is 21.1 Å². The number of imidazole rings is 1. The summed E-state index contributed by atoms with van der Waals surface area (Å²) in [6.45, 7) is 2.53. The molecule has 0 bridgehead atoms. The largest absolute Gasteiger partial charge is 0.340 e. The molecule has 2 aromatic heterocycles. The van der Waals surface area contributed by atoms with Gasteiger partial charge in [-0.25, -0.2) is 4.98 Å². The van der Waals surface area contributed by atoms with Gasteiger partial charge < -0.3 is 4.90 Å². The molecular formula is C16H19N5OS. The number of rotatable bonds is 7. The van der Waals surface area contributed by atoms with Crippen LogP contribution < -0.4 is 0 Å². The number of fused-ring (bicyclic) bond motifs is 1. The van der Waals surface area contributed by atoms with Crippen LogP contribution in [-0.2, 0) is 11.3 Å². The van der Waals surface area contributed by atoms with Crippen LogP contribution in [0.1, 0.15) is 37.1 Å². The van der Waals surface area contributed by atoms with E-state index in [1.54, 1.807) is 16.2 Å². The second kappa shape index (κ2) is 6.13. The van der Waals surface area contributed by atoms with Crippen molar-refractivity contribution in [1.82, 2.24) is 14.3 Å². The Labute approximate surface area is 139 Å². The number of nitrogens with zero attached hydrogens (tertiary/aromatic N) is 5. The standard InChI is InChI=1S/C16H19N5OS/c1-4-5-7-16(18-19-16)8-6-14(22)20(3)11-13-12(2)17-15-21(13)9-10-23-15/h1,9-10H,5-8,11H2,2-3H3. The molecule has 0 unspecified atom stereocenters. The fraction of sp³-hybridized carbons (Fsp3) is 0.500. The summed E-state index contributed by atoms with van der Waals surface area (Å²) in [6, 6.07) is 0. The van der Waals surface area contributed by atoms with Crippen molar-refractivity contribution >= 4 is 22.2 Å². The summed E-state index contributed by atoms with van der Waals surface area (Å²) in [5.74, 6) is 2.69. The van der Waals surface area contributed by atoms with Gasteiger partial charge in [0.1, 0.15) is 0 Å². The first-order valence-corrected chi connectivity index (χ1v) is 8.45. The van der Waals surface area contributed by atoms with Crippen molar-refractivity contribution in [3.05, 3.63) is 23.0 Å². The van der Waals surface area contributed by atoms with Crippen LogP contribution in [0, 0.1) is 19.3 Å². The summed E-state index contributed by atoms with van der Waals surface area (Å²) in [4.78, 5) is 19.6. The van der Waals surface area contributed by atoms with Crippen molar-refractivity contribution in [3.63, 3.8) is 0 Å². The Bertz CT molecular complexity index is 791. The van der Waals surface area contributed by atoms with Gasteiger partial charge in [-0.05, 0) is 6.92 Å². The zero-order chi connectivity index (χ0) is 16.4. The third kappa shape index (κ3) is 3.27. The molecule has 0 saturated heterocycles. The summed E-state index contributed by atoms with van der Waals surface area (Å²) in [7, 11) is 1.82. The molecule has 23 heavy (non-hydrogen) atoms. The number of carbonyl (C=O) groups is 1. The molecule has 3 rings (SSSR count). The zero-order valence-corrected chi connectivity index (χ0v) is 14.1. The number of terminal acetylenes is 1. The van der Waals surface area contributed by atoms with E-state index in [1.165, 1.54) is 0 Å². The molecule has 0 N–H and O–H groups in total. The van der Waals surface area contributed by atoms with Crippen molar-refractivity contribution in [1.29, 1.82) is 0 Å². The van der Waals surface area contributed by atoms with E-state index in [0.717, 1.165) is 22.8 Å². The van der Waals surface area contributed by atoms with Crippen LogP contribution >= 0.6 is 11.3 Å². The summed E-state index contributed by atoms with van der Waals surface area (Å²) in [6.07, 6.45) is 9.71. The molecule has 7 heteroatoms. The highest BCUT2D eigenvalue weighted by Gasteiger charge is 2.39. The number of hydrogen-bond acceptors (Lipinski definition) is 5. The summed E-state index contributed by atoms with van der Waals surface area (Å²) >= 11 is 1.59. The fourth-order valence-corrected chi connectivity index (χ4v) is 3.39. The van der Waals surface area contributed by atoms with E-state index in [1.807, 2.05) is 29.9 Å². The molecule has 0 aromatic carbocycles. The van der Waals surface area contributed by atoms with Crippen LogP contribution in [0.15, 0.2) is 21.8 Å². The molecule has 1 aliphatic rings. The second-order valence-corrected chi connectivity index (χ2v) is 6.71. The van der Waals surface area contributed by atoms with Crippen LogP contribution in [0.2, 0.25) is 0 Å². The summed E-state index contributed by atoms with van der Waals surface area (Å²) in [5.41, 5.74) is 1.63. The first kappa shape index (κ1) is 15.7. The first-order valence-electron chi connectivity index (χ1n) is 7.57. The Balaban J connectivity index is 1.57. The van der Waals surface area contributed by atoms with Gasteiger partial charge >= 0.3 is 0 Å². The topological polar surface area (TPSA) is 62.3 Å². The van der Waals surface area contributed by atoms with Crippen molar-refractivity contribution in [2.24, 2.45) is 10.2 Å².